The number of carbonyl (C=O) groups is 1. The number of rotatable bonds is 2. The number of hydrogen-bond acceptors (Lipinski definition) is 1. The van der Waals surface area contributed by atoms with E-state index in [4.69, 9.17) is 0 Å². The number of carbonyl (C=O) groups excluding carboxylic acids is 1. The van der Waals surface area contributed by atoms with E-state index in [0.29, 0.717) is 11.7 Å². The van der Waals surface area contributed by atoms with Gasteiger partial charge in [-0.15, -0.1) is 0 Å². The van der Waals surface area contributed by atoms with E-state index in [9.17, 15) is 4.79 Å². The number of fused-ring (bicyclic) bond motifs is 1. The van der Waals surface area contributed by atoms with Crippen LogP contribution in [0.3, 0.4) is 0 Å². The van der Waals surface area contributed by atoms with Crippen molar-refractivity contribution in [3.63, 3.8) is 0 Å². The summed E-state index contributed by atoms with van der Waals surface area (Å²) in [5.74, 6) is 2.59. The molecule has 2 saturated carbocycles. The fraction of sp³-hybridized carbons (Fsp3) is 0.909. The van der Waals surface area contributed by atoms with Gasteiger partial charge in [0.25, 0.3) is 0 Å². The number of ketones is 1. The van der Waals surface area contributed by atoms with Gasteiger partial charge in [-0.25, -0.2) is 0 Å². The molecule has 0 N–H and O–H groups in total. The van der Waals surface area contributed by atoms with Crippen LogP contribution >= 0.6 is 0 Å². The highest BCUT2D eigenvalue weighted by atomic mass is 16.1. The SMILES string of the molecule is BCC[C@@H]1C(=O)CC2CCCCC21. The van der Waals surface area contributed by atoms with Crippen molar-refractivity contribution in [1.29, 1.82) is 0 Å². The summed E-state index contributed by atoms with van der Waals surface area (Å²) < 4.78 is 0. The summed E-state index contributed by atoms with van der Waals surface area (Å²) in [7, 11) is 2.20. The van der Waals surface area contributed by atoms with Crippen molar-refractivity contribution in [2.75, 3.05) is 0 Å². The van der Waals surface area contributed by atoms with Crippen LogP contribution in [0.25, 0.3) is 0 Å². The van der Waals surface area contributed by atoms with Crippen molar-refractivity contribution in [3.05, 3.63) is 0 Å². The lowest BCUT2D eigenvalue weighted by molar-refractivity contribution is -0.121. The zero-order valence-corrected chi connectivity index (χ0v) is 8.59. The van der Waals surface area contributed by atoms with Gasteiger partial charge in [-0.3, -0.25) is 4.79 Å². The molecule has 0 aromatic carbocycles. The minimum absolute atomic E-state index is 0.454. The third-order valence-electron chi connectivity index (χ3n) is 3.96. The third-order valence-corrected chi connectivity index (χ3v) is 3.96. The average molecular weight is 178 g/mol. The zero-order chi connectivity index (χ0) is 9.26. The maximum absolute atomic E-state index is 11.7. The first-order valence-electron chi connectivity index (χ1n) is 5.85. The highest BCUT2D eigenvalue weighted by Gasteiger charge is 2.41. The quantitative estimate of drug-likeness (QED) is 0.589. The van der Waals surface area contributed by atoms with Gasteiger partial charge in [-0.2, -0.15) is 0 Å². The Balaban J connectivity index is 2.04. The molecule has 0 heterocycles. The van der Waals surface area contributed by atoms with Crippen LogP contribution in [0.4, 0.5) is 0 Å². The molecule has 0 radical (unpaired) electrons. The van der Waals surface area contributed by atoms with Gasteiger partial charge < -0.3 is 0 Å². The number of hydrogen-bond donors (Lipinski definition) is 0. The molecule has 13 heavy (non-hydrogen) atoms. The van der Waals surface area contributed by atoms with Gasteiger partial charge in [-0.05, 0) is 24.7 Å². The summed E-state index contributed by atoms with van der Waals surface area (Å²) in [5, 5.41) is 0. The molecular formula is C11H19BO. The largest absolute Gasteiger partial charge is 0.299 e. The Bertz CT molecular complexity index is 202. The Morgan fingerprint density at radius 2 is 2.08 bits per heavy atom. The highest BCUT2D eigenvalue weighted by Crippen LogP contribution is 2.45. The first-order chi connectivity index (χ1) is 6.33. The Morgan fingerprint density at radius 1 is 1.31 bits per heavy atom. The van der Waals surface area contributed by atoms with Crippen molar-refractivity contribution in [2.45, 2.75) is 44.8 Å². The first kappa shape index (κ1) is 9.30. The van der Waals surface area contributed by atoms with Crippen LogP contribution in [0.1, 0.15) is 38.5 Å². The van der Waals surface area contributed by atoms with Crippen LogP contribution in [0.5, 0.6) is 0 Å². The molecule has 1 nitrogen and oxygen atoms in total. The van der Waals surface area contributed by atoms with Crippen molar-refractivity contribution < 1.29 is 4.79 Å². The summed E-state index contributed by atoms with van der Waals surface area (Å²) in [6.07, 6.45) is 8.65. The van der Waals surface area contributed by atoms with Gasteiger partial charge in [0.15, 0.2) is 0 Å². The third kappa shape index (κ3) is 1.68. The fourth-order valence-corrected chi connectivity index (χ4v) is 3.35. The van der Waals surface area contributed by atoms with E-state index in [2.05, 4.69) is 7.85 Å². The summed E-state index contributed by atoms with van der Waals surface area (Å²) in [6.45, 7) is 0. The molecular weight excluding hydrogens is 159 g/mol. The van der Waals surface area contributed by atoms with Crippen LogP contribution < -0.4 is 0 Å². The normalized spacial score (nSPS) is 39.1. The Morgan fingerprint density at radius 3 is 2.85 bits per heavy atom. The minimum atomic E-state index is 0.454. The van der Waals surface area contributed by atoms with Crippen LogP contribution in [0.2, 0.25) is 6.32 Å². The molecule has 72 valence electrons. The van der Waals surface area contributed by atoms with E-state index in [1.165, 1.54) is 32.0 Å². The van der Waals surface area contributed by atoms with Crippen molar-refractivity contribution in [1.82, 2.24) is 0 Å². The molecule has 0 aromatic rings. The van der Waals surface area contributed by atoms with E-state index < -0.39 is 0 Å². The second kappa shape index (κ2) is 3.85. The topological polar surface area (TPSA) is 17.1 Å². The van der Waals surface area contributed by atoms with Crippen molar-refractivity contribution in [2.24, 2.45) is 17.8 Å². The van der Waals surface area contributed by atoms with Crippen molar-refractivity contribution in [3.8, 4) is 0 Å². The zero-order valence-electron chi connectivity index (χ0n) is 8.59. The first-order valence-corrected chi connectivity index (χ1v) is 5.85. The average Bonchev–Trinajstić information content (AvgIpc) is 2.44. The molecule has 0 saturated heterocycles. The van der Waals surface area contributed by atoms with Gasteiger partial charge >= 0.3 is 0 Å². The summed E-state index contributed by atoms with van der Waals surface area (Å²) in [4.78, 5) is 11.7. The molecule has 2 aliphatic rings. The molecule has 0 spiro atoms. The van der Waals surface area contributed by atoms with Gasteiger partial charge in [0.1, 0.15) is 13.6 Å². The molecule has 0 aromatic heterocycles. The van der Waals surface area contributed by atoms with Crippen molar-refractivity contribution >= 4 is 13.6 Å². The second-order valence-corrected chi connectivity index (χ2v) is 4.77. The minimum Gasteiger partial charge on any atom is -0.299 e. The molecule has 2 fully saturated rings. The monoisotopic (exact) mass is 178 g/mol. The van der Waals surface area contributed by atoms with E-state index in [1.807, 2.05) is 0 Å². The standard InChI is InChI=1S/C11H19BO/c12-6-5-10-9-4-2-1-3-8(9)7-11(10)13/h8-10H,1-7,12H2/t8?,9?,10-/m0/s1. The molecule has 0 bridgehead atoms. The summed E-state index contributed by atoms with van der Waals surface area (Å²) in [5.41, 5.74) is 0. The smallest absolute Gasteiger partial charge is 0.136 e. The lowest BCUT2D eigenvalue weighted by atomic mass is 9.76. The molecule has 2 heteroatoms. The maximum Gasteiger partial charge on any atom is 0.136 e. The van der Waals surface area contributed by atoms with Gasteiger partial charge in [-0.1, -0.05) is 25.6 Å². The Labute approximate surface area is 81.7 Å². The molecule has 2 aliphatic carbocycles. The van der Waals surface area contributed by atoms with Crippen LogP contribution in [-0.4, -0.2) is 13.6 Å². The van der Waals surface area contributed by atoms with Gasteiger partial charge in [0.05, 0.1) is 0 Å². The van der Waals surface area contributed by atoms with E-state index in [0.717, 1.165) is 24.7 Å². The highest BCUT2D eigenvalue weighted by molar-refractivity contribution is 6.08. The predicted octanol–water partition coefficient (Wildman–Crippen LogP) is 1.82. The lowest BCUT2D eigenvalue weighted by Gasteiger charge is -2.27. The molecule has 2 unspecified atom stereocenters. The molecule has 0 aliphatic heterocycles. The van der Waals surface area contributed by atoms with Crippen LogP contribution in [0.15, 0.2) is 0 Å². The Kier molecular flexibility index (Phi) is 2.76. The molecule has 0 amide bonds. The Hall–Kier alpha value is -0.265. The fourth-order valence-electron chi connectivity index (χ4n) is 3.35. The van der Waals surface area contributed by atoms with E-state index in [-0.39, 0.29) is 0 Å². The summed E-state index contributed by atoms with van der Waals surface area (Å²) in [6, 6.07) is 0. The van der Waals surface area contributed by atoms with Crippen LogP contribution in [0, 0.1) is 17.8 Å². The summed E-state index contributed by atoms with van der Waals surface area (Å²) >= 11 is 0. The van der Waals surface area contributed by atoms with Crippen LogP contribution in [-0.2, 0) is 4.79 Å². The second-order valence-electron chi connectivity index (χ2n) is 4.77. The predicted molar refractivity (Wildman–Crippen MR) is 56.5 cm³/mol. The van der Waals surface area contributed by atoms with Gasteiger partial charge in [0, 0.05) is 12.3 Å². The van der Waals surface area contributed by atoms with E-state index >= 15 is 0 Å². The molecule has 3 atom stereocenters. The lowest BCUT2D eigenvalue weighted by Crippen LogP contribution is -2.20. The van der Waals surface area contributed by atoms with Gasteiger partial charge in [0.2, 0.25) is 0 Å². The maximum atomic E-state index is 11.7. The van der Waals surface area contributed by atoms with E-state index in [1.54, 1.807) is 0 Å². The molecule has 2 rings (SSSR count). The number of Topliss-reactive ketones (excluding diaryl/α,β-unsaturated/α-hetero) is 1.